The molecule has 2 rings (SSSR count). The highest BCUT2D eigenvalue weighted by atomic mass is 16.3. The molecule has 0 spiro atoms. The summed E-state index contributed by atoms with van der Waals surface area (Å²) in [6, 6.07) is 10.1. The molecule has 0 bridgehead atoms. The highest BCUT2D eigenvalue weighted by molar-refractivity contribution is 5.42. The Balaban J connectivity index is 1.88. The van der Waals surface area contributed by atoms with E-state index >= 15 is 0 Å². The van der Waals surface area contributed by atoms with Crippen molar-refractivity contribution in [3.8, 4) is 0 Å². The Hall–Kier alpha value is -1.02. The molecule has 0 saturated heterocycles. The maximum Gasteiger partial charge on any atom is 0.0819 e. The van der Waals surface area contributed by atoms with E-state index in [9.17, 15) is 5.11 Å². The molecule has 0 radical (unpaired) electrons. The molecular weight excluding hydrogens is 198 g/mol. The molecule has 1 aromatic rings. The van der Waals surface area contributed by atoms with Gasteiger partial charge in [-0.2, -0.15) is 0 Å². The number of anilines is 1. The predicted molar refractivity (Wildman–Crippen MR) is 67.6 cm³/mol. The number of nitrogens with one attached hydrogen (secondary N) is 1. The van der Waals surface area contributed by atoms with Crippen LogP contribution in [0, 0.1) is 0 Å². The zero-order chi connectivity index (χ0) is 11.3. The predicted octanol–water partition coefficient (Wildman–Crippen LogP) is 3.18. The lowest BCUT2D eigenvalue weighted by Crippen LogP contribution is -2.36. The zero-order valence-electron chi connectivity index (χ0n) is 9.78. The fraction of sp³-hybridized carbons (Fsp3) is 0.571. The Morgan fingerprint density at radius 1 is 1.00 bits per heavy atom. The highest BCUT2D eigenvalue weighted by Crippen LogP contribution is 2.27. The maximum absolute atomic E-state index is 10.5. The first-order valence-electron chi connectivity index (χ1n) is 6.30. The van der Waals surface area contributed by atoms with Gasteiger partial charge in [-0.3, -0.25) is 0 Å². The molecule has 0 amide bonds. The molecule has 1 aliphatic carbocycles. The SMILES string of the molecule is OC1(CNc2ccccc2)CCCCCC1. The number of hydrogen-bond acceptors (Lipinski definition) is 2. The summed E-state index contributed by atoms with van der Waals surface area (Å²) >= 11 is 0. The van der Waals surface area contributed by atoms with Crippen LogP contribution in [0.25, 0.3) is 0 Å². The van der Waals surface area contributed by atoms with Gasteiger partial charge < -0.3 is 10.4 Å². The fourth-order valence-corrected chi connectivity index (χ4v) is 2.39. The monoisotopic (exact) mass is 219 g/mol. The van der Waals surface area contributed by atoms with Crippen molar-refractivity contribution in [2.45, 2.75) is 44.1 Å². The minimum absolute atomic E-state index is 0.494. The van der Waals surface area contributed by atoms with Gasteiger partial charge in [0.25, 0.3) is 0 Å². The van der Waals surface area contributed by atoms with E-state index < -0.39 is 5.60 Å². The second-order valence-corrected chi connectivity index (χ2v) is 4.86. The first kappa shape index (κ1) is 11.5. The van der Waals surface area contributed by atoms with Crippen LogP contribution < -0.4 is 5.32 Å². The summed E-state index contributed by atoms with van der Waals surface area (Å²) in [5, 5.41) is 13.8. The van der Waals surface area contributed by atoms with Gasteiger partial charge >= 0.3 is 0 Å². The first-order valence-corrected chi connectivity index (χ1v) is 6.30. The summed E-state index contributed by atoms with van der Waals surface area (Å²) in [5.74, 6) is 0. The van der Waals surface area contributed by atoms with Gasteiger partial charge in [0.15, 0.2) is 0 Å². The van der Waals surface area contributed by atoms with Gasteiger partial charge in [-0.25, -0.2) is 0 Å². The van der Waals surface area contributed by atoms with E-state index in [1.807, 2.05) is 30.3 Å². The molecule has 0 heterocycles. The standard InChI is InChI=1S/C14H21NO/c16-14(10-6-1-2-7-11-14)12-15-13-8-4-3-5-9-13/h3-5,8-9,15-16H,1-2,6-7,10-12H2. The summed E-state index contributed by atoms with van der Waals surface area (Å²) in [4.78, 5) is 0. The molecule has 88 valence electrons. The zero-order valence-corrected chi connectivity index (χ0v) is 9.78. The van der Waals surface area contributed by atoms with E-state index in [1.54, 1.807) is 0 Å². The molecule has 2 N–H and O–H groups in total. The van der Waals surface area contributed by atoms with Gasteiger partial charge in [-0.15, -0.1) is 0 Å². The van der Waals surface area contributed by atoms with E-state index in [2.05, 4.69) is 5.32 Å². The lowest BCUT2D eigenvalue weighted by Gasteiger charge is -2.27. The normalized spacial score (nSPS) is 20.1. The molecule has 1 aliphatic rings. The van der Waals surface area contributed by atoms with Crippen LogP contribution in [0.4, 0.5) is 5.69 Å². The Labute approximate surface area is 97.7 Å². The van der Waals surface area contributed by atoms with Crippen molar-refractivity contribution < 1.29 is 5.11 Å². The number of benzene rings is 1. The minimum atomic E-state index is -0.494. The Bertz CT molecular complexity index is 302. The summed E-state index contributed by atoms with van der Waals surface area (Å²) in [6.07, 6.45) is 6.74. The van der Waals surface area contributed by atoms with Crippen molar-refractivity contribution in [1.29, 1.82) is 0 Å². The number of para-hydroxylation sites is 1. The molecule has 16 heavy (non-hydrogen) atoms. The summed E-state index contributed by atoms with van der Waals surface area (Å²) in [7, 11) is 0. The van der Waals surface area contributed by atoms with Crippen molar-refractivity contribution in [1.82, 2.24) is 0 Å². The molecular formula is C14H21NO. The van der Waals surface area contributed by atoms with Crippen LogP contribution in [0.2, 0.25) is 0 Å². The van der Waals surface area contributed by atoms with Crippen molar-refractivity contribution in [2.24, 2.45) is 0 Å². The lowest BCUT2D eigenvalue weighted by molar-refractivity contribution is 0.0381. The molecule has 0 aliphatic heterocycles. The van der Waals surface area contributed by atoms with E-state index in [-0.39, 0.29) is 0 Å². The van der Waals surface area contributed by atoms with Gasteiger partial charge in [0, 0.05) is 12.2 Å². The number of aliphatic hydroxyl groups is 1. The third kappa shape index (κ3) is 3.24. The summed E-state index contributed by atoms with van der Waals surface area (Å²) in [5.41, 5.74) is 0.604. The highest BCUT2D eigenvalue weighted by Gasteiger charge is 2.27. The van der Waals surface area contributed by atoms with E-state index in [1.165, 1.54) is 12.8 Å². The third-order valence-corrected chi connectivity index (χ3v) is 3.43. The molecule has 0 aromatic heterocycles. The van der Waals surface area contributed by atoms with E-state index in [4.69, 9.17) is 0 Å². The minimum Gasteiger partial charge on any atom is -0.388 e. The number of hydrogen-bond donors (Lipinski definition) is 2. The van der Waals surface area contributed by atoms with Gasteiger partial charge in [0.05, 0.1) is 5.60 Å². The Morgan fingerprint density at radius 2 is 1.62 bits per heavy atom. The molecule has 1 aromatic carbocycles. The Morgan fingerprint density at radius 3 is 2.25 bits per heavy atom. The molecule has 1 fully saturated rings. The van der Waals surface area contributed by atoms with Crippen molar-refractivity contribution in [3.05, 3.63) is 30.3 Å². The van der Waals surface area contributed by atoms with Crippen LogP contribution in [0.1, 0.15) is 38.5 Å². The van der Waals surface area contributed by atoms with Crippen LogP contribution >= 0.6 is 0 Å². The molecule has 2 heteroatoms. The fourth-order valence-electron chi connectivity index (χ4n) is 2.39. The van der Waals surface area contributed by atoms with Gasteiger partial charge in [0.1, 0.15) is 0 Å². The van der Waals surface area contributed by atoms with Crippen molar-refractivity contribution in [3.63, 3.8) is 0 Å². The average Bonchev–Trinajstić information content (AvgIpc) is 2.54. The first-order chi connectivity index (χ1) is 7.79. The van der Waals surface area contributed by atoms with Gasteiger partial charge in [0.2, 0.25) is 0 Å². The van der Waals surface area contributed by atoms with Gasteiger partial charge in [-0.1, -0.05) is 43.9 Å². The average molecular weight is 219 g/mol. The second-order valence-electron chi connectivity index (χ2n) is 4.86. The third-order valence-electron chi connectivity index (χ3n) is 3.43. The van der Waals surface area contributed by atoms with Crippen LogP contribution in [-0.2, 0) is 0 Å². The Kier molecular flexibility index (Phi) is 3.83. The largest absolute Gasteiger partial charge is 0.388 e. The van der Waals surface area contributed by atoms with Crippen molar-refractivity contribution >= 4 is 5.69 Å². The lowest BCUT2D eigenvalue weighted by atomic mass is 9.94. The van der Waals surface area contributed by atoms with Crippen molar-refractivity contribution in [2.75, 3.05) is 11.9 Å². The molecule has 0 atom stereocenters. The molecule has 1 saturated carbocycles. The topological polar surface area (TPSA) is 32.3 Å². The maximum atomic E-state index is 10.5. The quantitative estimate of drug-likeness (QED) is 0.765. The van der Waals surface area contributed by atoms with E-state index in [0.29, 0.717) is 6.54 Å². The molecule has 0 unspecified atom stereocenters. The second kappa shape index (κ2) is 5.35. The van der Waals surface area contributed by atoms with Crippen LogP contribution in [0.3, 0.4) is 0 Å². The van der Waals surface area contributed by atoms with E-state index in [0.717, 1.165) is 31.4 Å². The summed E-state index contributed by atoms with van der Waals surface area (Å²) < 4.78 is 0. The molecule has 2 nitrogen and oxygen atoms in total. The number of rotatable bonds is 3. The van der Waals surface area contributed by atoms with Crippen LogP contribution in [-0.4, -0.2) is 17.3 Å². The van der Waals surface area contributed by atoms with Crippen LogP contribution in [0.15, 0.2) is 30.3 Å². The van der Waals surface area contributed by atoms with Crippen LogP contribution in [0.5, 0.6) is 0 Å². The smallest absolute Gasteiger partial charge is 0.0819 e. The van der Waals surface area contributed by atoms with Gasteiger partial charge in [-0.05, 0) is 25.0 Å². The summed E-state index contributed by atoms with van der Waals surface area (Å²) in [6.45, 7) is 0.678.